The molecule has 0 saturated carbocycles. The lowest BCUT2D eigenvalue weighted by Crippen LogP contribution is -2.15. The number of aromatic hydroxyl groups is 2. The van der Waals surface area contributed by atoms with E-state index in [2.05, 4.69) is 4.98 Å². The highest BCUT2D eigenvalue weighted by Crippen LogP contribution is 2.24. The van der Waals surface area contributed by atoms with Gasteiger partial charge in [-0.15, -0.1) is 0 Å². The maximum Gasteiger partial charge on any atom is 0.222 e. The van der Waals surface area contributed by atoms with Gasteiger partial charge in [0.1, 0.15) is 15.9 Å². The predicted octanol–water partition coefficient (Wildman–Crippen LogP) is 0.910. The highest BCUT2D eigenvalue weighted by atomic mass is 32.2. The molecule has 0 aliphatic rings. The number of phenolic OH excluding ortho intramolecular Hbond substituents is 1. The zero-order chi connectivity index (χ0) is 15.6. The molecule has 0 bridgehead atoms. The highest BCUT2D eigenvalue weighted by molar-refractivity contribution is 7.85. The number of phenols is 1. The van der Waals surface area contributed by atoms with Crippen molar-refractivity contribution in [3.05, 3.63) is 47.3 Å². The molecule has 0 unspecified atom stereocenters. The van der Waals surface area contributed by atoms with E-state index in [4.69, 9.17) is 0 Å². The van der Waals surface area contributed by atoms with Crippen molar-refractivity contribution in [3.63, 3.8) is 0 Å². The highest BCUT2D eigenvalue weighted by Gasteiger charge is 2.13. The van der Waals surface area contributed by atoms with Gasteiger partial charge in [0.25, 0.3) is 0 Å². The molecule has 0 aliphatic carbocycles. The monoisotopic (exact) mass is 309 g/mol. The van der Waals surface area contributed by atoms with Gasteiger partial charge in [0.05, 0.1) is 4.90 Å². The topological polar surface area (TPSA) is 112 Å². The molecule has 0 spiro atoms. The molecule has 7 heteroatoms. The van der Waals surface area contributed by atoms with Crippen LogP contribution < -0.4 is 4.98 Å². The maximum atomic E-state index is 11.0. The first-order valence-electron chi connectivity index (χ1n) is 6.26. The van der Waals surface area contributed by atoms with Crippen LogP contribution in [0.1, 0.15) is 17.0 Å². The zero-order valence-electron chi connectivity index (χ0n) is 11.3. The summed E-state index contributed by atoms with van der Waals surface area (Å²) in [6.45, 7) is 1.85. The molecule has 1 aromatic heterocycles. The minimum absolute atomic E-state index is 0.121. The lowest BCUT2D eigenvalue weighted by Gasteiger charge is -2.10. The Bertz CT molecular complexity index is 771. The fourth-order valence-corrected chi connectivity index (χ4v) is 2.64. The molecular formula is C14H15NO5S. The van der Waals surface area contributed by atoms with Gasteiger partial charge in [0.2, 0.25) is 5.69 Å². The Morgan fingerprint density at radius 1 is 1.10 bits per heavy atom. The van der Waals surface area contributed by atoms with Gasteiger partial charge in [-0.05, 0) is 30.2 Å². The molecule has 21 heavy (non-hydrogen) atoms. The fourth-order valence-electron chi connectivity index (χ4n) is 2.02. The van der Waals surface area contributed by atoms with Crippen LogP contribution >= 0.6 is 0 Å². The molecule has 2 rings (SSSR count). The van der Waals surface area contributed by atoms with Gasteiger partial charge >= 0.3 is 0 Å². The van der Waals surface area contributed by atoms with Crippen molar-refractivity contribution in [1.29, 1.82) is 0 Å². The van der Waals surface area contributed by atoms with Crippen LogP contribution in [0.5, 0.6) is 11.5 Å². The molecule has 0 saturated heterocycles. The molecule has 1 aromatic carbocycles. The molecule has 112 valence electrons. The van der Waals surface area contributed by atoms with Crippen LogP contribution in [0.25, 0.3) is 0 Å². The molecule has 0 atom stereocenters. The Morgan fingerprint density at radius 3 is 2.43 bits per heavy atom. The number of rotatable bonds is 4. The van der Waals surface area contributed by atoms with Gasteiger partial charge in [0.15, 0.2) is 11.4 Å². The number of hydrogen-bond donors (Lipinski definition) is 2. The number of nitrogens with one attached hydrogen (secondary N) is 1. The summed E-state index contributed by atoms with van der Waals surface area (Å²) in [4.78, 5) is 2.40. The molecule has 0 radical (unpaired) electrons. The van der Waals surface area contributed by atoms with Crippen LogP contribution in [0.2, 0.25) is 0 Å². The number of aromatic nitrogens is 1. The number of aromatic amines is 1. The van der Waals surface area contributed by atoms with Crippen LogP contribution in [0.3, 0.4) is 0 Å². The minimum Gasteiger partial charge on any atom is -0.744 e. The summed E-state index contributed by atoms with van der Waals surface area (Å²) in [7, 11) is -4.71. The van der Waals surface area contributed by atoms with Gasteiger partial charge in [-0.1, -0.05) is 6.07 Å². The average Bonchev–Trinajstić information content (AvgIpc) is 2.40. The lowest BCUT2D eigenvalue weighted by molar-refractivity contribution is -0.400. The van der Waals surface area contributed by atoms with E-state index < -0.39 is 20.8 Å². The molecule has 3 N–H and O–H groups in total. The van der Waals surface area contributed by atoms with Crippen LogP contribution in [0.4, 0.5) is 0 Å². The maximum absolute atomic E-state index is 11.0. The van der Waals surface area contributed by atoms with Crippen LogP contribution in [-0.2, 0) is 23.0 Å². The molecular weight excluding hydrogens is 294 g/mol. The Kier molecular flexibility index (Phi) is 4.15. The first kappa shape index (κ1) is 15.3. The van der Waals surface area contributed by atoms with Crippen molar-refractivity contribution in [2.45, 2.75) is 24.7 Å². The van der Waals surface area contributed by atoms with Crippen LogP contribution in [0, 0.1) is 6.92 Å². The number of pyridine rings is 1. The summed E-state index contributed by atoms with van der Waals surface area (Å²) in [5.74, 6) is -0.435. The van der Waals surface area contributed by atoms with Crippen molar-refractivity contribution in [3.8, 4) is 11.5 Å². The average molecular weight is 309 g/mol. The third-order valence-corrected chi connectivity index (χ3v) is 3.97. The normalized spacial score (nSPS) is 11.5. The van der Waals surface area contributed by atoms with Crippen LogP contribution in [0.15, 0.2) is 35.2 Å². The first-order chi connectivity index (χ1) is 9.77. The van der Waals surface area contributed by atoms with Crippen LogP contribution in [-0.4, -0.2) is 23.2 Å². The van der Waals surface area contributed by atoms with Gasteiger partial charge in [-0.2, -0.15) is 0 Å². The smallest absolute Gasteiger partial charge is 0.222 e. The van der Waals surface area contributed by atoms with E-state index in [0.717, 1.165) is 11.8 Å². The quantitative estimate of drug-likeness (QED) is 0.815. The second-order valence-corrected chi connectivity index (χ2v) is 6.11. The zero-order valence-corrected chi connectivity index (χ0v) is 12.1. The number of benzene rings is 1. The molecule has 0 fully saturated rings. The van der Waals surface area contributed by atoms with Gasteiger partial charge in [0, 0.05) is 19.4 Å². The molecule has 0 aliphatic heterocycles. The first-order valence-corrected chi connectivity index (χ1v) is 7.67. The van der Waals surface area contributed by atoms with Crippen molar-refractivity contribution in [2.24, 2.45) is 0 Å². The molecule has 0 amide bonds. The van der Waals surface area contributed by atoms with E-state index in [1.54, 1.807) is 12.1 Å². The summed E-state index contributed by atoms with van der Waals surface area (Å²) in [6, 6.07) is 7.19. The number of hydrogen-bond acceptors (Lipinski definition) is 5. The van der Waals surface area contributed by atoms with E-state index >= 15 is 0 Å². The van der Waals surface area contributed by atoms with E-state index in [1.807, 2.05) is 6.92 Å². The van der Waals surface area contributed by atoms with Gasteiger partial charge in [-0.3, -0.25) is 0 Å². The molecule has 6 nitrogen and oxygen atoms in total. The van der Waals surface area contributed by atoms with E-state index in [0.29, 0.717) is 24.1 Å². The summed E-state index contributed by atoms with van der Waals surface area (Å²) >= 11 is 0. The standard InChI is InChI=1S/C14H15NO5S/c1-9-2-6-12(16)11(15-9)5-3-10-4-7-13(17)14(8-10)21(18,19)20/h2,4,6-8,16-17H,3,5H2,1H3,(H,18,19,20). The lowest BCUT2D eigenvalue weighted by atomic mass is 10.1. The van der Waals surface area contributed by atoms with E-state index in [1.165, 1.54) is 12.1 Å². The Morgan fingerprint density at radius 2 is 1.76 bits per heavy atom. The fraction of sp³-hybridized carbons (Fsp3) is 0.214. The van der Waals surface area contributed by atoms with Crippen molar-refractivity contribution < 1.29 is 28.2 Å². The third kappa shape index (κ3) is 3.71. The second kappa shape index (κ2) is 5.71. The van der Waals surface area contributed by atoms with Crippen molar-refractivity contribution in [2.75, 3.05) is 0 Å². The van der Waals surface area contributed by atoms with Crippen molar-refractivity contribution >= 4 is 10.1 Å². The second-order valence-electron chi connectivity index (χ2n) is 4.76. The molecule has 1 heterocycles. The van der Waals surface area contributed by atoms with Gasteiger partial charge in [-0.25, -0.2) is 13.4 Å². The third-order valence-electron chi connectivity index (χ3n) is 3.11. The Hall–Kier alpha value is -2.12. The molecule has 2 aromatic rings. The predicted molar refractivity (Wildman–Crippen MR) is 72.9 cm³/mol. The Balaban J connectivity index is 2.23. The summed E-state index contributed by atoms with van der Waals surface area (Å²) in [5.41, 5.74) is 2.09. The summed E-state index contributed by atoms with van der Waals surface area (Å²) < 4.78 is 33.1. The summed E-state index contributed by atoms with van der Waals surface area (Å²) in [5, 5.41) is 19.1. The van der Waals surface area contributed by atoms with Gasteiger partial charge < -0.3 is 14.8 Å². The van der Waals surface area contributed by atoms with Crippen molar-refractivity contribution in [1.82, 2.24) is 0 Å². The largest absolute Gasteiger partial charge is 0.744 e. The number of aryl methyl sites for hydroxylation is 3. The van der Waals surface area contributed by atoms with E-state index in [-0.39, 0.29) is 5.75 Å². The summed E-state index contributed by atoms with van der Waals surface area (Å²) in [6.07, 6.45) is 0.854. The number of H-pyrrole nitrogens is 1. The van der Waals surface area contributed by atoms with E-state index in [9.17, 15) is 23.2 Å². The Labute approximate surface area is 122 Å². The SMILES string of the molecule is Cc1ccc(O)c(CCc2ccc(O)c(S(=O)(=O)[O-])c2)[nH+]1. The minimum atomic E-state index is -4.71.